The molecule has 34 heavy (non-hydrogen) atoms. The van der Waals surface area contributed by atoms with Crippen molar-refractivity contribution >= 4 is 28.3 Å². The number of hydrogen-bond donors (Lipinski definition) is 2. The molecule has 8 heteroatoms. The highest BCUT2D eigenvalue weighted by molar-refractivity contribution is 5.94. The molecule has 0 unspecified atom stereocenters. The third kappa shape index (κ3) is 4.31. The Morgan fingerprint density at radius 1 is 1.06 bits per heavy atom. The minimum Gasteiger partial charge on any atom is -0.383 e. The van der Waals surface area contributed by atoms with Gasteiger partial charge in [-0.3, -0.25) is 4.79 Å². The second-order valence-corrected chi connectivity index (χ2v) is 8.84. The number of fused-ring (bicyclic) bond motifs is 1. The van der Waals surface area contributed by atoms with Gasteiger partial charge < -0.3 is 20.5 Å². The van der Waals surface area contributed by atoms with Gasteiger partial charge in [0.2, 0.25) is 0 Å². The van der Waals surface area contributed by atoms with Crippen LogP contribution in [0.1, 0.15) is 45.8 Å². The molecule has 0 radical (unpaired) electrons. The SMILES string of the molecule is Cc1c(CNC(=O)c2cn(Cc3ccc(N4CCCC4)nc3)c(C)n2)ccc2c(N)nccc12. The topological polar surface area (TPSA) is 102 Å². The van der Waals surface area contributed by atoms with Crippen LogP contribution in [0.3, 0.4) is 0 Å². The molecular formula is C26H29N7O. The molecule has 1 fully saturated rings. The zero-order chi connectivity index (χ0) is 23.7. The highest BCUT2D eigenvalue weighted by atomic mass is 16.1. The molecule has 0 spiro atoms. The van der Waals surface area contributed by atoms with Crippen LogP contribution in [-0.4, -0.2) is 38.5 Å². The lowest BCUT2D eigenvalue weighted by molar-refractivity contribution is 0.0946. The number of benzene rings is 1. The van der Waals surface area contributed by atoms with E-state index in [1.807, 2.05) is 42.8 Å². The first-order valence-electron chi connectivity index (χ1n) is 11.6. The summed E-state index contributed by atoms with van der Waals surface area (Å²) in [7, 11) is 0. The molecule has 1 aliphatic rings. The van der Waals surface area contributed by atoms with E-state index in [2.05, 4.69) is 37.3 Å². The van der Waals surface area contributed by atoms with Crippen molar-refractivity contribution in [2.75, 3.05) is 23.7 Å². The number of anilines is 2. The van der Waals surface area contributed by atoms with Gasteiger partial charge in [-0.1, -0.05) is 18.2 Å². The number of rotatable bonds is 6. The Hall–Kier alpha value is -3.94. The Balaban J connectivity index is 1.25. The van der Waals surface area contributed by atoms with Crippen molar-refractivity contribution in [2.24, 2.45) is 0 Å². The van der Waals surface area contributed by atoms with E-state index in [0.29, 0.717) is 24.6 Å². The molecule has 0 aliphatic carbocycles. The second-order valence-electron chi connectivity index (χ2n) is 8.84. The summed E-state index contributed by atoms with van der Waals surface area (Å²) in [6, 6.07) is 10.1. The lowest BCUT2D eigenvalue weighted by atomic mass is 10.0. The van der Waals surface area contributed by atoms with Crippen LogP contribution in [0.4, 0.5) is 11.6 Å². The maximum Gasteiger partial charge on any atom is 0.271 e. The highest BCUT2D eigenvalue weighted by Crippen LogP contribution is 2.25. The van der Waals surface area contributed by atoms with Crippen molar-refractivity contribution in [1.29, 1.82) is 0 Å². The smallest absolute Gasteiger partial charge is 0.271 e. The first kappa shape index (κ1) is 21.9. The Morgan fingerprint density at radius 2 is 1.88 bits per heavy atom. The highest BCUT2D eigenvalue weighted by Gasteiger charge is 2.15. The number of nitrogen functional groups attached to an aromatic ring is 1. The van der Waals surface area contributed by atoms with Crippen LogP contribution in [0.25, 0.3) is 10.8 Å². The predicted octanol–water partition coefficient (Wildman–Crippen LogP) is 3.60. The minimum absolute atomic E-state index is 0.196. The molecule has 1 saturated heterocycles. The normalized spacial score (nSPS) is 13.5. The van der Waals surface area contributed by atoms with Crippen molar-refractivity contribution in [2.45, 2.75) is 39.8 Å². The van der Waals surface area contributed by atoms with Gasteiger partial charge in [0.15, 0.2) is 0 Å². The third-order valence-corrected chi connectivity index (χ3v) is 6.60. The van der Waals surface area contributed by atoms with Gasteiger partial charge in [-0.25, -0.2) is 15.0 Å². The van der Waals surface area contributed by atoms with Gasteiger partial charge in [-0.05, 0) is 60.9 Å². The number of nitrogens with two attached hydrogens (primary N) is 1. The van der Waals surface area contributed by atoms with Crippen molar-refractivity contribution < 1.29 is 4.79 Å². The van der Waals surface area contributed by atoms with Crippen LogP contribution < -0.4 is 16.0 Å². The molecular weight excluding hydrogens is 426 g/mol. The van der Waals surface area contributed by atoms with Gasteiger partial charge in [0.1, 0.15) is 23.2 Å². The molecule has 0 atom stereocenters. The lowest BCUT2D eigenvalue weighted by Crippen LogP contribution is -2.23. The van der Waals surface area contributed by atoms with E-state index >= 15 is 0 Å². The molecule has 4 heterocycles. The number of aryl methyl sites for hydroxylation is 2. The molecule has 1 amide bonds. The van der Waals surface area contributed by atoms with Gasteiger partial charge in [-0.15, -0.1) is 0 Å². The quantitative estimate of drug-likeness (QED) is 0.461. The maximum absolute atomic E-state index is 12.8. The van der Waals surface area contributed by atoms with Crippen molar-refractivity contribution in [3.05, 3.63) is 77.1 Å². The summed E-state index contributed by atoms with van der Waals surface area (Å²) in [6.45, 7) is 7.14. The van der Waals surface area contributed by atoms with Gasteiger partial charge in [0.05, 0.1) is 6.54 Å². The van der Waals surface area contributed by atoms with Crippen LogP contribution in [0.2, 0.25) is 0 Å². The van der Waals surface area contributed by atoms with E-state index in [0.717, 1.165) is 52.2 Å². The summed E-state index contributed by atoms with van der Waals surface area (Å²) in [6.07, 6.45) is 7.89. The Morgan fingerprint density at radius 3 is 2.65 bits per heavy atom. The summed E-state index contributed by atoms with van der Waals surface area (Å²) >= 11 is 0. The van der Waals surface area contributed by atoms with E-state index in [4.69, 9.17) is 5.73 Å². The first-order chi connectivity index (χ1) is 16.5. The molecule has 174 valence electrons. The molecule has 5 rings (SSSR count). The molecule has 8 nitrogen and oxygen atoms in total. The summed E-state index contributed by atoms with van der Waals surface area (Å²) in [5, 5.41) is 4.97. The molecule has 3 aromatic heterocycles. The summed E-state index contributed by atoms with van der Waals surface area (Å²) < 4.78 is 1.98. The van der Waals surface area contributed by atoms with E-state index in [1.54, 1.807) is 12.4 Å². The number of carbonyl (C=O) groups excluding carboxylic acids is 1. The minimum atomic E-state index is -0.196. The lowest BCUT2D eigenvalue weighted by Gasteiger charge is -2.16. The summed E-state index contributed by atoms with van der Waals surface area (Å²) in [4.78, 5) is 28.4. The molecule has 1 aliphatic heterocycles. The van der Waals surface area contributed by atoms with Crippen LogP contribution in [0.15, 0.2) is 48.9 Å². The number of aromatic nitrogens is 4. The molecule has 0 bridgehead atoms. The van der Waals surface area contributed by atoms with Gasteiger partial charge in [0.25, 0.3) is 5.91 Å². The fourth-order valence-electron chi connectivity index (χ4n) is 4.55. The van der Waals surface area contributed by atoms with E-state index in [9.17, 15) is 4.79 Å². The summed E-state index contributed by atoms with van der Waals surface area (Å²) in [5.41, 5.74) is 9.59. The zero-order valence-corrected chi connectivity index (χ0v) is 19.6. The molecule has 3 N–H and O–H groups in total. The van der Waals surface area contributed by atoms with E-state index in [1.165, 1.54) is 12.8 Å². The number of nitrogens with zero attached hydrogens (tertiary/aromatic N) is 5. The predicted molar refractivity (Wildman–Crippen MR) is 134 cm³/mol. The van der Waals surface area contributed by atoms with E-state index < -0.39 is 0 Å². The van der Waals surface area contributed by atoms with Crippen LogP contribution >= 0.6 is 0 Å². The number of imidazole rings is 1. The molecule has 0 saturated carbocycles. The first-order valence-corrected chi connectivity index (χ1v) is 11.6. The second kappa shape index (κ2) is 9.13. The fraction of sp³-hybridized carbons (Fsp3) is 0.308. The Bertz CT molecular complexity index is 1340. The maximum atomic E-state index is 12.8. The number of nitrogens with one attached hydrogen (secondary N) is 1. The standard InChI is InChI=1S/C26H29N7O/c1-17-20(6-7-22-21(17)9-10-28-25(22)27)14-30-26(34)23-16-33(18(2)31-23)15-19-5-8-24(29-13-19)32-11-3-4-12-32/h5-10,13,16H,3-4,11-12,14-15H2,1-2H3,(H2,27,28)(H,30,34). The number of pyridine rings is 2. The largest absolute Gasteiger partial charge is 0.383 e. The van der Waals surface area contributed by atoms with Crippen molar-refractivity contribution in [3.8, 4) is 0 Å². The van der Waals surface area contributed by atoms with Gasteiger partial charge >= 0.3 is 0 Å². The number of amides is 1. The molecule has 4 aromatic rings. The van der Waals surface area contributed by atoms with Crippen LogP contribution in [0.5, 0.6) is 0 Å². The Labute approximate surface area is 198 Å². The fourth-order valence-corrected chi connectivity index (χ4v) is 4.55. The van der Waals surface area contributed by atoms with Crippen molar-refractivity contribution in [3.63, 3.8) is 0 Å². The monoisotopic (exact) mass is 455 g/mol. The third-order valence-electron chi connectivity index (χ3n) is 6.60. The summed E-state index contributed by atoms with van der Waals surface area (Å²) in [5.74, 6) is 2.14. The molecule has 1 aromatic carbocycles. The van der Waals surface area contributed by atoms with Crippen molar-refractivity contribution in [1.82, 2.24) is 24.8 Å². The van der Waals surface area contributed by atoms with Gasteiger partial charge in [-0.2, -0.15) is 0 Å². The zero-order valence-electron chi connectivity index (χ0n) is 19.6. The van der Waals surface area contributed by atoms with E-state index in [-0.39, 0.29) is 5.91 Å². The van der Waals surface area contributed by atoms with Gasteiger partial charge in [0, 0.05) is 43.6 Å². The average Bonchev–Trinajstić information content (AvgIpc) is 3.50. The average molecular weight is 456 g/mol. The Kier molecular flexibility index (Phi) is 5.88. The van der Waals surface area contributed by atoms with Crippen LogP contribution in [0, 0.1) is 13.8 Å². The number of hydrogen-bond acceptors (Lipinski definition) is 6. The number of carbonyl (C=O) groups is 1. The van der Waals surface area contributed by atoms with Crippen LogP contribution in [-0.2, 0) is 13.1 Å².